The van der Waals surface area contributed by atoms with Gasteiger partial charge in [-0.1, -0.05) is 36.4 Å². The van der Waals surface area contributed by atoms with Crippen molar-refractivity contribution < 1.29 is 14.6 Å². The van der Waals surface area contributed by atoms with Crippen LogP contribution in [0.15, 0.2) is 43.0 Å². The molecular formula is C13H18O3. The van der Waals surface area contributed by atoms with E-state index in [1.54, 1.807) is 6.92 Å². The molecule has 0 aromatic heterocycles. The third-order valence-electron chi connectivity index (χ3n) is 1.65. The highest BCUT2D eigenvalue weighted by atomic mass is 16.5. The highest BCUT2D eigenvalue weighted by Crippen LogP contribution is 1.98. The number of allylic oxidation sites excluding steroid dienone is 1. The summed E-state index contributed by atoms with van der Waals surface area (Å²) in [6.45, 7) is 5.69. The van der Waals surface area contributed by atoms with Crippen molar-refractivity contribution in [1.29, 1.82) is 0 Å². The first-order valence-electron chi connectivity index (χ1n) is 5.15. The van der Waals surface area contributed by atoms with Gasteiger partial charge in [-0.2, -0.15) is 0 Å². The van der Waals surface area contributed by atoms with Crippen LogP contribution < -0.4 is 0 Å². The van der Waals surface area contributed by atoms with Crippen LogP contribution in [0.3, 0.4) is 0 Å². The van der Waals surface area contributed by atoms with Gasteiger partial charge in [-0.15, -0.1) is 6.58 Å². The number of ether oxygens (including phenoxy) is 1. The molecule has 1 N–H and O–H groups in total. The second-order valence-corrected chi connectivity index (χ2v) is 3.01. The van der Waals surface area contributed by atoms with Crippen molar-refractivity contribution in [2.45, 2.75) is 13.3 Å². The zero-order valence-corrected chi connectivity index (χ0v) is 9.56. The van der Waals surface area contributed by atoms with Gasteiger partial charge in [0.25, 0.3) is 0 Å². The number of carboxylic acids is 1. The third-order valence-corrected chi connectivity index (χ3v) is 1.65. The average molecular weight is 222 g/mol. The summed E-state index contributed by atoms with van der Waals surface area (Å²) in [5.74, 6) is -0.915. The first-order chi connectivity index (χ1) is 7.70. The molecule has 1 rings (SSSR count). The lowest BCUT2D eigenvalue weighted by atomic mass is 10.2. The highest BCUT2D eigenvalue weighted by molar-refractivity contribution is 5.67. The van der Waals surface area contributed by atoms with E-state index >= 15 is 0 Å². The van der Waals surface area contributed by atoms with E-state index in [9.17, 15) is 4.79 Å². The number of rotatable bonds is 5. The lowest BCUT2D eigenvalue weighted by Crippen LogP contribution is -2.05. The van der Waals surface area contributed by atoms with Crippen molar-refractivity contribution in [1.82, 2.24) is 0 Å². The minimum absolute atomic E-state index is 0.184. The minimum Gasteiger partial charge on any atom is -0.480 e. The summed E-state index contributed by atoms with van der Waals surface area (Å²) in [4.78, 5) is 9.63. The molecule has 0 unspecified atom stereocenters. The van der Waals surface area contributed by atoms with Gasteiger partial charge in [0.2, 0.25) is 0 Å². The van der Waals surface area contributed by atoms with E-state index in [2.05, 4.69) is 23.4 Å². The molecule has 0 aliphatic carbocycles. The number of aliphatic carboxylic acids is 1. The van der Waals surface area contributed by atoms with Gasteiger partial charge in [0.05, 0.1) is 0 Å². The number of hydrogen-bond acceptors (Lipinski definition) is 2. The molecule has 0 heterocycles. The lowest BCUT2D eigenvalue weighted by molar-refractivity contribution is -0.142. The topological polar surface area (TPSA) is 46.5 Å². The van der Waals surface area contributed by atoms with Crippen molar-refractivity contribution in [2.24, 2.45) is 0 Å². The molecule has 0 amide bonds. The minimum atomic E-state index is -0.915. The van der Waals surface area contributed by atoms with E-state index in [4.69, 9.17) is 5.11 Å². The van der Waals surface area contributed by atoms with Crippen LogP contribution in [0.2, 0.25) is 0 Å². The quantitative estimate of drug-likeness (QED) is 0.779. The molecule has 1 aromatic carbocycles. The van der Waals surface area contributed by atoms with Crippen molar-refractivity contribution >= 4 is 5.97 Å². The Kier molecular flexibility index (Phi) is 8.93. The first-order valence-corrected chi connectivity index (χ1v) is 5.15. The molecule has 3 heteroatoms. The van der Waals surface area contributed by atoms with Crippen LogP contribution in [0, 0.1) is 0 Å². The highest BCUT2D eigenvalue weighted by Gasteiger charge is 1.90. The fourth-order valence-corrected chi connectivity index (χ4v) is 0.970. The van der Waals surface area contributed by atoms with E-state index in [0.29, 0.717) is 6.61 Å². The Morgan fingerprint density at radius 1 is 1.44 bits per heavy atom. The van der Waals surface area contributed by atoms with Crippen LogP contribution >= 0.6 is 0 Å². The van der Waals surface area contributed by atoms with Crippen LogP contribution in [0.5, 0.6) is 0 Å². The molecule has 0 radical (unpaired) electrons. The fourth-order valence-electron chi connectivity index (χ4n) is 0.970. The SMILES string of the molecule is C=CCc1ccccc1.CCOCC(=O)O. The monoisotopic (exact) mass is 222 g/mol. The first kappa shape index (κ1) is 14.4. The van der Waals surface area contributed by atoms with Gasteiger partial charge in [-0.05, 0) is 18.9 Å². The molecule has 0 saturated carbocycles. The summed E-state index contributed by atoms with van der Waals surface area (Å²) in [7, 11) is 0. The predicted molar refractivity (Wildman–Crippen MR) is 64.5 cm³/mol. The van der Waals surface area contributed by atoms with E-state index in [1.807, 2.05) is 24.3 Å². The molecule has 3 nitrogen and oxygen atoms in total. The van der Waals surface area contributed by atoms with E-state index in [1.165, 1.54) is 5.56 Å². The Morgan fingerprint density at radius 2 is 2.06 bits per heavy atom. The normalized spacial score (nSPS) is 8.81. The third kappa shape index (κ3) is 8.97. The Balaban J connectivity index is 0.000000293. The maximum absolute atomic E-state index is 9.63. The molecule has 0 spiro atoms. The van der Waals surface area contributed by atoms with E-state index in [0.717, 1.165) is 6.42 Å². The van der Waals surface area contributed by atoms with Gasteiger partial charge < -0.3 is 9.84 Å². The zero-order valence-electron chi connectivity index (χ0n) is 9.56. The Labute approximate surface area is 96.4 Å². The van der Waals surface area contributed by atoms with Gasteiger partial charge in [0.1, 0.15) is 6.61 Å². The molecule has 88 valence electrons. The predicted octanol–water partition coefficient (Wildman–Crippen LogP) is 2.52. The van der Waals surface area contributed by atoms with Gasteiger partial charge in [-0.3, -0.25) is 0 Å². The number of benzene rings is 1. The van der Waals surface area contributed by atoms with Crippen molar-refractivity contribution in [2.75, 3.05) is 13.2 Å². The van der Waals surface area contributed by atoms with Gasteiger partial charge in [0.15, 0.2) is 0 Å². The molecule has 0 aliphatic heterocycles. The van der Waals surface area contributed by atoms with Crippen molar-refractivity contribution in [3.05, 3.63) is 48.6 Å². The van der Waals surface area contributed by atoms with Gasteiger partial charge in [0, 0.05) is 6.61 Å². The second-order valence-electron chi connectivity index (χ2n) is 3.01. The van der Waals surface area contributed by atoms with Crippen molar-refractivity contribution in [3.63, 3.8) is 0 Å². The molecule has 0 atom stereocenters. The Morgan fingerprint density at radius 3 is 2.44 bits per heavy atom. The summed E-state index contributed by atoms with van der Waals surface area (Å²) in [6, 6.07) is 10.3. The average Bonchev–Trinajstić information content (AvgIpc) is 2.29. The molecule has 0 aliphatic rings. The van der Waals surface area contributed by atoms with Crippen LogP contribution in [-0.2, 0) is 16.0 Å². The molecule has 0 bridgehead atoms. The maximum atomic E-state index is 9.63. The summed E-state index contributed by atoms with van der Waals surface area (Å²) >= 11 is 0. The second kappa shape index (κ2) is 9.93. The summed E-state index contributed by atoms with van der Waals surface area (Å²) in [5.41, 5.74) is 1.33. The standard InChI is InChI=1S/C9H10.C4H8O3/c1-2-6-9-7-4-3-5-8-9;1-2-7-3-4(5)6/h2-5,7-8H,1,6H2;2-3H2,1H3,(H,5,6). The van der Waals surface area contributed by atoms with Crippen LogP contribution in [-0.4, -0.2) is 24.3 Å². The molecular weight excluding hydrogens is 204 g/mol. The molecule has 0 saturated heterocycles. The van der Waals surface area contributed by atoms with Crippen LogP contribution in [0.1, 0.15) is 12.5 Å². The number of hydrogen-bond donors (Lipinski definition) is 1. The zero-order chi connectivity index (χ0) is 12.2. The van der Waals surface area contributed by atoms with Gasteiger partial charge in [-0.25, -0.2) is 4.79 Å². The summed E-state index contributed by atoms with van der Waals surface area (Å²) < 4.78 is 4.50. The number of carboxylic acid groups (broad SMARTS) is 1. The van der Waals surface area contributed by atoms with E-state index in [-0.39, 0.29) is 6.61 Å². The van der Waals surface area contributed by atoms with Crippen LogP contribution in [0.25, 0.3) is 0 Å². The van der Waals surface area contributed by atoms with Crippen LogP contribution in [0.4, 0.5) is 0 Å². The fraction of sp³-hybridized carbons (Fsp3) is 0.308. The smallest absolute Gasteiger partial charge is 0.329 e. The largest absolute Gasteiger partial charge is 0.480 e. The molecule has 1 aromatic rings. The van der Waals surface area contributed by atoms with Gasteiger partial charge >= 0.3 is 5.97 Å². The van der Waals surface area contributed by atoms with E-state index < -0.39 is 5.97 Å². The van der Waals surface area contributed by atoms with Crippen molar-refractivity contribution in [3.8, 4) is 0 Å². The number of carbonyl (C=O) groups is 1. The summed E-state index contributed by atoms with van der Waals surface area (Å²) in [5, 5.41) is 7.92. The molecule has 0 fully saturated rings. The maximum Gasteiger partial charge on any atom is 0.329 e. The summed E-state index contributed by atoms with van der Waals surface area (Å²) in [6.07, 6.45) is 2.89. The Bertz CT molecular complexity index is 293. The molecule has 16 heavy (non-hydrogen) atoms. The Hall–Kier alpha value is -1.61. The lowest BCUT2D eigenvalue weighted by Gasteiger charge is -1.91.